The van der Waals surface area contributed by atoms with Crippen LogP contribution in [0.1, 0.15) is 22.8 Å². The molecule has 138 valence electrons. The minimum Gasteiger partial charge on any atom is -0.494 e. The van der Waals surface area contributed by atoms with Gasteiger partial charge in [0.05, 0.1) is 31.1 Å². The Labute approximate surface area is 153 Å². The van der Waals surface area contributed by atoms with Gasteiger partial charge in [0.25, 0.3) is 0 Å². The van der Waals surface area contributed by atoms with E-state index < -0.39 is 5.97 Å². The average molecular weight is 356 g/mol. The van der Waals surface area contributed by atoms with Gasteiger partial charge in [0.2, 0.25) is 0 Å². The maximum atomic E-state index is 11.7. The molecule has 1 aliphatic rings. The van der Waals surface area contributed by atoms with Gasteiger partial charge in [0.1, 0.15) is 5.75 Å². The van der Waals surface area contributed by atoms with Gasteiger partial charge in [-0.15, -0.1) is 0 Å². The number of rotatable bonds is 7. The Morgan fingerprint density at radius 3 is 2.77 bits per heavy atom. The molecule has 0 unspecified atom stereocenters. The molecule has 0 radical (unpaired) electrons. The van der Waals surface area contributed by atoms with E-state index in [2.05, 4.69) is 10.2 Å². The lowest BCUT2D eigenvalue weighted by Crippen LogP contribution is -2.37. The van der Waals surface area contributed by atoms with E-state index in [1.807, 2.05) is 43.3 Å². The van der Waals surface area contributed by atoms with Crippen molar-refractivity contribution in [2.75, 3.05) is 43.1 Å². The van der Waals surface area contributed by atoms with Gasteiger partial charge in [-0.1, -0.05) is 12.1 Å². The Morgan fingerprint density at radius 2 is 2.04 bits per heavy atom. The van der Waals surface area contributed by atoms with Gasteiger partial charge in [-0.25, -0.2) is 4.79 Å². The maximum Gasteiger partial charge on any atom is 0.337 e. The molecule has 0 aliphatic carbocycles. The molecule has 3 rings (SSSR count). The van der Waals surface area contributed by atoms with Crippen LogP contribution in [0.3, 0.4) is 0 Å². The second kappa shape index (κ2) is 8.58. The Hall–Kier alpha value is -2.73. The average Bonchev–Trinajstić information content (AvgIpc) is 2.67. The van der Waals surface area contributed by atoms with E-state index in [0.29, 0.717) is 45.0 Å². The highest BCUT2D eigenvalue weighted by Gasteiger charge is 2.18. The van der Waals surface area contributed by atoms with Crippen molar-refractivity contribution >= 4 is 17.3 Å². The summed E-state index contributed by atoms with van der Waals surface area (Å²) in [5.74, 6) is -0.0887. The van der Waals surface area contributed by atoms with Crippen LogP contribution in [0.5, 0.6) is 5.75 Å². The summed E-state index contributed by atoms with van der Waals surface area (Å²) in [6, 6.07) is 13.3. The summed E-state index contributed by atoms with van der Waals surface area (Å²) < 4.78 is 10.9. The van der Waals surface area contributed by atoms with Crippen LogP contribution in [-0.4, -0.2) is 44.0 Å². The Morgan fingerprint density at radius 1 is 1.23 bits per heavy atom. The molecule has 6 heteroatoms. The maximum absolute atomic E-state index is 11.7. The zero-order chi connectivity index (χ0) is 18.4. The van der Waals surface area contributed by atoms with E-state index in [0.717, 1.165) is 22.7 Å². The number of carboxylic acids is 1. The first-order valence-corrected chi connectivity index (χ1v) is 8.83. The molecule has 2 N–H and O–H groups in total. The summed E-state index contributed by atoms with van der Waals surface area (Å²) in [5, 5.41) is 12.9. The molecule has 0 spiro atoms. The summed E-state index contributed by atoms with van der Waals surface area (Å²) >= 11 is 0. The van der Waals surface area contributed by atoms with Crippen LogP contribution in [0.4, 0.5) is 11.4 Å². The highest BCUT2D eigenvalue weighted by atomic mass is 16.5. The molecule has 2 aromatic carbocycles. The SMILES string of the molecule is CCOc1cccc(CNc2ccc(N3CCOCC3)c(C(=O)O)c2)c1. The molecule has 1 fully saturated rings. The van der Waals surface area contributed by atoms with Gasteiger partial charge in [0, 0.05) is 25.3 Å². The number of morpholine rings is 1. The van der Waals surface area contributed by atoms with E-state index in [9.17, 15) is 9.90 Å². The largest absolute Gasteiger partial charge is 0.494 e. The zero-order valence-electron chi connectivity index (χ0n) is 14.9. The molecule has 6 nitrogen and oxygen atoms in total. The molecule has 0 bridgehead atoms. The number of ether oxygens (including phenoxy) is 2. The minimum absolute atomic E-state index is 0.306. The number of nitrogens with one attached hydrogen (secondary N) is 1. The summed E-state index contributed by atoms with van der Waals surface area (Å²) in [6.45, 7) is 5.83. The number of anilines is 2. The van der Waals surface area contributed by atoms with Gasteiger partial charge in [-0.2, -0.15) is 0 Å². The fourth-order valence-corrected chi connectivity index (χ4v) is 3.01. The van der Waals surface area contributed by atoms with Crippen molar-refractivity contribution in [1.82, 2.24) is 0 Å². The first kappa shape index (κ1) is 18.1. The van der Waals surface area contributed by atoms with Crippen molar-refractivity contribution in [1.29, 1.82) is 0 Å². The molecular weight excluding hydrogens is 332 g/mol. The molecular formula is C20H24N2O4. The third-order valence-electron chi connectivity index (χ3n) is 4.28. The van der Waals surface area contributed by atoms with Gasteiger partial charge in [-0.3, -0.25) is 0 Å². The van der Waals surface area contributed by atoms with Gasteiger partial charge in [0.15, 0.2) is 0 Å². The van der Waals surface area contributed by atoms with Crippen LogP contribution in [-0.2, 0) is 11.3 Å². The number of carboxylic acid groups (broad SMARTS) is 1. The Balaban J connectivity index is 1.73. The van der Waals surface area contributed by atoms with Crippen molar-refractivity contribution in [2.24, 2.45) is 0 Å². The number of carbonyl (C=O) groups is 1. The summed E-state index contributed by atoms with van der Waals surface area (Å²) in [4.78, 5) is 13.8. The molecule has 0 saturated carbocycles. The zero-order valence-corrected chi connectivity index (χ0v) is 14.9. The van der Waals surface area contributed by atoms with Crippen LogP contribution in [0.25, 0.3) is 0 Å². The molecule has 0 atom stereocenters. The van der Waals surface area contributed by atoms with Gasteiger partial charge in [-0.05, 0) is 42.8 Å². The van der Waals surface area contributed by atoms with E-state index >= 15 is 0 Å². The molecule has 1 saturated heterocycles. The Bertz CT molecular complexity index is 757. The third-order valence-corrected chi connectivity index (χ3v) is 4.28. The number of aromatic carboxylic acids is 1. The van der Waals surface area contributed by atoms with E-state index in [1.54, 1.807) is 6.07 Å². The van der Waals surface area contributed by atoms with Crippen molar-refractivity contribution in [3.63, 3.8) is 0 Å². The molecule has 2 aromatic rings. The van der Waals surface area contributed by atoms with Crippen molar-refractivity contribution < 1.29 is 19.4 Å². The van der Waals surface area contributed by atoms with E-state index in [-0.39, 0.29) is 0 Å². The number of hydrogen-bond donors (Lipinski definition) is 2. The van der Waals surface area contributed by atoms with Crippen LogP contribution in [0, 0.1) is 0 Å². The molecule has 0 aromatic heterocycles. The van der Waals surface area contributed by atoms with Gasteiger partial charge >= 0.3 is 5.97 Å². The summed E-state index contributed by atoms with van der Waals surface area (Å²) in [7, 11) is 0. The number of nitrogens with zero attached hydrogens (tertiary/aromatic N) is 1. The first-order chi connectivity index (χ1) is 12.7. The lowest BCUT2D eigenvalue weighted by atomic mass is 10.1. The molecule has 0 amide bonds. The van der Waals surface area contributed by atoms with Crippen LogP contribution < -0.4 is 15.0 Å². The monoisotopic (exact) mass is 356 g/mol. The Kier molecular flexibility index (Phi) is 5.96. The highest BCUT2D eigenvalue weighted by Crippen LogP contribution is 2.26. The second-order valence-electron chi connectivity index (χ2n) is 6.07. The van der Waals surface area contributed by atoms with Crippen LogP contribution in [0.15, 0.2) is 42.5 Å². The second-order valence-corrected chi connectivity index (χ2v) is 6.07. The quantitative estimate of drug-likeness (QED) is 0.794. The molecule has 1 aliphatic heterocycles. The van der Waals surface area contributed by atoms with E-state index in [1.165, 1.54) is 0 Å². The van der Waals surface area contributed by atoms with Crippen molar-refractivity contribution in [3.05, 3.63) is 53.6 Å². The number of benzene rings is 2. The van der Waals surface area contributed by atoms with Crippen LogP contribution in [0.2, 0.25) is 0 Å². The van der Waals surface area contributed by atoms with Crippen molar-refractivity contribution in [2.45, 2.75) is 13.5 Å². The smallest absolute Gasteiger partial charge is 0.337 e. The normalized spacial score (nSPS) is 14.1. The number of hydrogen-bond acceptors (Lipinski definition) is 5. The minimum atomic E-state index is -0.923. The van der Waals surface area contributed by atoms with Crippen molar-refractivity contribution in [3.8, 4) is 5.75 Å². The summed E-state index contributed by atoms with van der Waals surface area (Å²) in [5.41, 5.74) is 2.90. The lowest BCUT2D eigenvalue weighted by molar-refractivity contribution is 0.0696. The predicted octanol–water partition coefficient (Wildman–Crippen LogP) is 3.23. The standard InChI is InChI=1S/C20H24N2O4/c1-2-26-17-5-3-4-15(12-17)14-21-16-6-7-19(18(13-16)20(23)24)22-8-10-25-11-9-22/h3-7,12-13,21H,2,8-11,14H2,1H3,(H,23,24). The third kappa shape index (κ3) is 4.46. The fourth-order valence-electron chi connectivity index (χ4n) is 3.01. The van der Waals surface area contributed by atoms with Crippen LogP contribution >= 0.6 is 0 Å². The lowest BCUT2D eigenvalue weighted by Gasteiger charge is -2.30. The van der Waals surface area contributed by atoms with E-state index in [4.69, 9.17) is 9.47 Å². The fraction of sp³-hybridized carbons (Fsp3) is 0.350. The summed E-state index contributed by atoms with van der Waals surface area (Å²) in [6.07, 6.45) is 0. The molecule has 1 heterocycles. The first-order valence-electron chi connectivity index (χ1n) is 8.83. The predicted molar refractivity (Wildman–Crippen MR) is 101 cm³/mol. The highest BCUT2D eigenvalue weighted by molar-refractivity contribution is 5.95. The molecule has 26 heavy (non-hydrogen) atoms. The van der Waals surface area contributed by atoms with Gasteiger partial charge < -0.3 is 24.8 Å². The topological polar surface area (TPSA) is 71.0 Å².